The fourth-order valence-corrected chi connectivity index (χ4v) is 1.91. The molecule has 0 saturated carbocycles. The highest BCUT2D eigenvalue weighted by Crippen LogP contribution is 2.26. The van der Waals surface area contributed by atoms with Crippen LogP contribution in [0.25, 0.3) is 0 Å². The lowest BCUT2D eigenvalue weighted by atomic mass is 9.99. The van der Waals surface area contributed by atoms with Gasteiger partial charge in [-0.05, 0) is 30.7 Å². The van der Waals surface area contributed by atoms with Gasteiger partial charge in [0.2, 0.25) is 0 Å². The van der Waals surface area contributed by atoms with Gasteiger partial charge in [-0.25, -0.2) is 0 Å². The number of fused-ring (bicyclic) bond motifs is 1. The maximum atomic E-state index is 5.33. The number of halogens is 1. The molecule has 0 fully saturated rings. The molecule has 0 bridgehead atoms. The van der Waals surface area contributed by atoms with Crippen LogP contribution in [0, 0.1) is 0 Å². The summed E-state index contributed by atoms with van der Waals surface area (Å²) < 4.78 is 5.33. The summed E-state index contributed by atoms with van der Waals surface area (Å²) in [5.41, 5.74) is 2.80. The van der Waals surface area contributed by atoms with E-state index in [0.717, 1.165) is 25.3 Å². The van der Waals surface area contributed by atoms with E-state index in [1.807, 2.05) is 6.07 Å². The van der Waals surface area contributed by atoms with Crippen LogP contribution in [-0.2, 0) is 13.0 Å². The number of hydrogen-bond acceptors (Lipinski definition) is 2. The first kappa shape index (κ1) is 11.3. The molecule has 1 aliphatic heterocycles. The van der Waals surface area contributed by atoms with E-state index in [0.29, 0.717) is 0 Å². The van der Waals surface area contributed by atoms with E-state index in [1.54, 1.807) is 7.11 Å². The van der Waals surface area contributed by atoms with Gasteiger partial charge in [0.05, 0.1) is 7.11 Å². The molecule has 1 aromatic carbocycles. The Morgan fingerprint density at radius 2 is 2.14 bits per heavy atom. The van der Waals surface area contributed by atoms with Crippen molar-refractivity contribution in [3.63, 3.8) is 0 Å². The van der Waals surface area contributed by atoms with Gasteiger partial charge in [-0.3, -0.25) is 0 Å². The van der Waals surface area contributed by atoms with Gasteiger partial charge < -0.3 is 9.64 Å². The Morgan fingerprint density at radius 1 is 1.36 bits per heavy atom. The van der Waals surface area contributed by atoms with Crippen molar-refractivity contribution in [3.8, 4) is 5.75 Å². The topological polar surface area (TPSA) is 12.5 Å². The monoisotopic (exact) mass is 213 g/mol. The Morgan fingerprint density at radius 3 is 2.86 bits per heavy atom. The predicted octanol–water partition coefficient (Wildman–Crippen LogP) is 2.10. The number of ether oxygens (including phenoxy) is 1. The second-order valence-electron chi connectivity index (χ2n) is 3.59. The zero-order chi connectivity index (χ0) is 9.26. The Bertz CT molecular complexity index is 314. The first-order chi connectivity index (χ1) is 6.31. The molecule has 1 heterocycles. The molecule has 1 aliphatic rings. The van der Waals surface area contributed by atoms with Gasteiger partial charge in [0.1, 0.15) is 5.75 Å². The number of nitrogens with zero attached hydrogens (tertiary/aromatic N) is 1. The van der Waals surface area contributed by atoms with E-state index in [9.17, 15) is 0 Å². The van der Waals surface area contributed by atoms with Crippen molar-refractivity contribution in [1.82, 2.24) is 4.90 Å². The molecule has 0 aliphatic carbocycles. The summed E-state index contributed by atoms with van der Waals surface area (Å²) in [5.74, 6) is 1.05. The molecule has 0 unspecified atom stereocenters. The summed E-state index contributed by atoms with van der Waals surface area (Å²) in [5, 5.41) is 0. The maximum Gasteiger partial charge on any atom is 0.122 e. The normalized spacial score (nSPS) is 15.6. The van der Waals surface area contributed by atoms with E-state index in [-0.39, 0.29) is 12.4 Å². The predicted molar refractivity (Wildman–Crippen MR) is 60.3 cm³/mol. The lowest BCUT2D eigenvalue weighted by Gasteiger charge is -2.26. The number of benzene rings is 1. The third-order valence-corrected chi connectivity index (χ3v) is 2.63. The van der Waals surface area contributed by atoms with Crippen molar-refractivity contribution in [1.29, 1.82) is 0 Å². The molecular formula is C11H16ClNO. The summed E-state index contributed by atoms with van der Waals surface area (Å²) in [6, 6.07) is 6.30. The lowest BCUT2D eigenvalue weighted by molar-refractivity contribution is 0.306. The SMILES string of the molecule is COc1cccc2c1CCN(C)C2.Cl. The Balaban J connectivity index is 0.000000980. The van der Waals surface area contributed by atoms with E-state index >= 15 is 0 Å². The van der Waals surface area contributed by atoms with Crippen LogP contribution in [0.4, 0.5) is 0 Å². The van der Waals surface area contributed by atoms with Crippen LogP contribution < -0.4 is 4.74 Å². The number of hydrogen-bond donors (Lipinski definition) is 0. The fourth-order valence-electron chi connectivity index (χ4n) is 1.91. The first-order valence-corrected chi connectivity index (χ1v) is 4.64. The van der Waals surface area contributed by atoms with Gasteiger partial charge in [-0.1, -0.05) is 12.1 Å². The van der Waals surface area contributed by atoms with Crippen molar-refractivity contribution in [2.75, 3.05) is 20.7 Å². The average Bonchev–Trinajstić information content (AvgIpc) is 2.16. The van der Waals surface area contributed by atoms with Crippen LogP contribution in [0.15, 0.2) is 18.2 Å². The van der Waals surface area contributed by atoms with Gasteiger partial charge in [0.25, 0.3) is 0 Å². The molecular weight excluding hydrogens is 198 g/mol. The smallest absolute Gasteiger partial charge is 0.122 e. The second-order valence-corrected chi connectivity index (χ2v) is 3.59. The first-order valence-electron chi connectivity index (χ1n) is 4.64. The van der Waals surface area contributed by atoms with Crippen molar-refractivity contribution in [2.24, 2.45) is 0 Å². The standard InChI is InChI=1S/C11H15NO.ClH/c1-12-7-6-10-9(8-12)4-3-5-11(10)13-2;/h3-5H,6-8H2,1-2H3;1H. The molecule has 0 N–H and O–H groups in total. The molecule has 2 rings (SSSR count). The average molecular weight is 214 g/mol. The van der Waals surface area contributed by atoms with E-state index in [4.69, 9.17) is 4.74 Å². The van der Waals surface area contributed by atoms with Gasteiger partial charge in [0, 0.05) is 13.1 Å². The molecule has 1 aromatic rings. The molecule has 14 heavy (non-hydrogen) atoms. The van der Waals surface area contributed by atoms with Gasteiger partial charge in [-0.15, -0.1) is 12.4 Å². The third-order valence-electron chi connectivity index (χ3n) is 2.63. The summed E-state index contributed by atoms with van der Waals surface area (Å²) in [6.07, 6.45) is 1.11. The third kappa shape index (κ3) is 2.02. The molecule has 0 aromatic heterocycles. The van der Waals surface area contributed by atoms with Crippen LogP contribution in [0.2, 0.25) is 0 Å². The Hall–Kier alpha value is -0.730. The maximum absolute atomic E-state index is 5.33. The van der Waals surface area contributed by atoms with Crippen molar-refractivity contribution >= 4 is 12.4 Å². The fraction of sp³-hybridized carbons (Fsp3) is 0.455. The number of rotatable bonds is 1. The summed E-state index contributed by atoms with van der Waals surface area (Å²) in [4.78, 5) is 2.34. The lowest BCUT2D eigenvalue weighted by Crippen LogP contribution is -2.26. The van der Waals surface area contributed by atoms with Crippen LogP contribution in [0.1, 0.15) is 11.1 Å². The van der Waals surface area contributed by atoms with E-state index in [2.05, 4.69) is 24.1 Å². The van der Waals surface area contributed by atoms with Crippen LogP contribution in [-0.4, -0.2) is 25.6 Å². The minimum Gasteiger partial charge on any atom is -0.496 e. The molecule has 2 nitrogen and oxygen atoms in total. The van der Waals surface area contributed by atoms with Crippen molar-refractivity contribution < 1.29 is 4.74 Å². The Kier molecular flexibility index (Phi) is 3.78. The molecule has 78 valence electrons. The van der Waals surface area contributed by atoms with E-state index in [1.165, 1.54) is 11.1 Å². The number of methoxy groups -OCH3 is 1. The number of likely N-dealkylation sites (N-methyl/N-ethyl adjacent to an activating group) is 1. The van der Waals surface area contributed by atoms with Crippen molar-refractivity contribution in [2.45, 2.75) is 13.0 Å². The highest BCUT2D eigenvalue weighted by atomic mass is 35.5. The summed E-state index contributed by atoms with van der Waals surface area (Å²) in [6.45, 7) is 2.18. The van der Waals surface area contributed by atoms with Crippen LogP contribution in [0.5, 0.6) is 5.75 Å². The Labute approximate surface area is 91.3 Å². The summed E-state index contributed by atoms with van der Waals surface area (Å²) in [7, 11) is 3.90. The molecule has 0 spiro atoms. The summed E-state index contributed by atoms with van der Waals surface area (Å²) >= 11 is 0. The minimum atomic E-state index is 0. The highest BCUT2D eigenvalue weighted by Gasteiger charge is 2.15. The van der Waals surface area contributed by atoms with Gasteiger partial charge >= 0.3 is 0 Å². The molecule has 0 atom stereocenters. The largest absolute Gasteiger partial charge is 0.496 e. The second kappa shape index (κ2) is 4.67. The molecule has 0 amide bonds. The van der Waals surface area contributed by atoms with Crippen LogP contribution in [0.3, 0.4) is 0 Å². The minimum absolute atomic E-state index is 0. The zero-order valence-electron chi connectivity index (χ0n) is 8.62. The molecule has 0 saturated heterocycles. The van der Waals surface area contributed by atoms with Crippen molar-refractivity contribution in [3.05, 3.63) is 29.3 Å². The zero-order valence-corrected chi connectivity index (χ0v) is 9.43. The van der Waals surface area contributed by atoms with E-state index < -0.39 is 0 Å². The van der Waals surface area contributed by atoms with Gasteiger partial charge in [0.15, 0.2) is 0 Å². The molecule has 0 radical (unpaired) electrons. The highest BCUT2D eigenvalue weighted by molar-refractivity contribution is 5.85. The van der Waals surface area contributed by atoms with Gasteiger partial charge in [-0.2, -0.15) is 0 Å². The van der Waals surface area contributed by atoms with Crippen LogP contribution >= 0.6 is 12.4 Å². The quantitative estimate of drug-likeness (QED) is 0.709. The molecule has 3 heteroatoms.